The van der Waals surface area contributed by atoms with Gasteiger partial charge in [-0.05, 0) is 30.8 Å². The SMILES string of the molecule is CCCCCCC(=O)NC(=S)Nc1ccccc1C(=O)OC. The molecule has 0 aromatic heterocycles. The molecule has 0 aliphatic carbocycles. The lowest BCUT2D eigenvalue weighted by Gasteiger charge is -2.12. The molecule has 0 bridgehead atoms. The smallest absolute Gasteiger partial charge is 0.339 e. The highest BCUT2D eigenvalue weighted by atomic mass is 32.1. The van der Waals surface area contributed by atoms with E-state index in [1.165, 1.54) is 7.11 Å². The van der Waals surface area contributed by atoms with Crippen LogP contribution in [0.2, 0.25) is 0 Å². The molecule has 0 spiro atoms. The van der Waals surface area contributed by atoms with E-state index in [0.717, 1.165) is 25.7 Å². The number of hydrogen-bond acceptors (Lipinski definition) is 4. The summed E-state index contributed by atoms with van der Waals surface area (Å²) in [6.07, 6.45) is 4.59. The van der Waals surface area contributed by atoms with Crippen molar-refractivity contribution in [3.8, 4) is 0 Å². The zero-order valence-corrected chi connectivity index (χ0v) is 13.8. The van der Waals surface area contributed by atoms with Crippen LogP contribution in [0.25, 0.3) is 0 Å². The molecule has 1 aromatic carbocycles. The van der Waals surface area contributed by atoms with Crippen molar-refractivity contribution in [2.45, 2.75) is 39.0 Å². The van der Waals surface area contributed by atoms with E-state index in [1.54, 1.807) is 24.3 Å². The quantitative estimate of drug-likeness (QED) is 0.458. The van der Waals surface area contributed by atoms with Crippen LogP contribution in [0.4, 0.5) is 5.69 Å². The number of nitrogens with one attached hydrogen (secondary N) is 2. The molecule has 0 saturated heterocycles. The zero-order valence-electron chi connectivity index (χ0n) is 13.0. The Labute approximate surface area is 136 Å². The summed E-state index contributed by atoms with van der Waals surface area (Å²) in [5.74, 6) is -0.582. The lowest BCUT2D eigenvalue weighted by atomic mass is 10.1. The molecule has 0 heterocycles. The first kappa shape index (κ1) is 18.1. The number of para-hydroxylation sites is 1. The molecule has 0 saturated carbocycles. The maximum Gasteiger partial charge on any atom is 0.339 e. The number of carbonyl (C=O) groups excluding carboxylic acids is 2. The van der Waals surface area contributed by atoms with E-state index in [2.05, 4.69) is 17.6 Å². The molecule has 1 rings (SSSR count). The van der Waals surface area contributed by atoms with Crippen LogP contribution in [-0.4, -0.2) is 24.1 Å². The minimum Gasteiger partial charge on any atom is -0.465 e. The summed E-state index contributed by atoms with van der Waals surface area (Å²) in [4.78, 5) is 23.4. The van der Waals surface area contributed by atoms with Gasteiger partial charge in [-0.1, -0.05) is 38.3 Å². The Bertz CT molecular complexity index is 532. The van der Waals surface area contributed by atoms with Gasteiger partial charge in [0.2, 0.25) is 5.91 Å². The van der Waals surface area contributed by atoms with Gasteiger partial charge >= 0.3 is 5.97 Å². The summed E-state index contributed by atoms with van der Waals surface area (Å²) in [6.45, 7) is 2.12. The van der Waals surface area contributed by atoms with Crippen molar-refractivity contribution in [3.63, 3.8) is 0 Å². The van der Waals surface area contributed by atoms with Crippen LogP contribution in [0.15, 0.2) is 24.3 Å². The molecule has 22 heavy (non-hydrogen) atoms. The number of thiocarbonyl (C=S) groups is 1. The van der Waals surface area contributed by atoms with Crippen molar-refractivity contribution in [2.24, 2.45) is 0 Å². The third-order valence-corrected chi connectivity index (χ3v) is 3.30. The number of amides is 1. The molecule has 0 unspecified atom stereocenters. The number of esters is 1. The first-order valence-corrected chi connectivity index (χ1v) is 7.77. The number of methoxy groups -OCH3 is 1. The number of carbonyl (C=O) groups is 2. The Morgan fingerprint density at radius 2 is 1.91 bits per heavy atom. The van der Waals surface area contributed by atoms with Gasteiger partial charge in [0.25, 0.3) is 0 Å². The summed E-state index contributed by atoms with van der Waals surface area (Å²) >= 11 is 5.10. The molecule has 6 heteroatoms. The van der Waals surface area contributed by atoms with E-state index in [4.69, 9.17) is 17.0 Å². The van der Waals surface area contributed by atoms with Crippen LogP contribution in [0, 0.1) is 0 Å². The van der Waals surface area contributed by atoms with Crippen LogP contribution in [0.1, 0.15) is 49.4 Å². The highest BCUT2D eigenvalue weighted by Crippen LogP contribution is 2.15. The number of anilines is 1. The normalized spacial score (nSPS) is 9.91. The third kappa shape index (κ3) is 6.22. The fourth-order valence-electron chi connectivity index (χ4n) is 1.94. The topological polar surface area (TPSA) is 67.4 Å². The summed E-state index contributed by atoms with van der Waals surface area (Å²) in [5, 5.41) is 5.65. The Hall–Kier alpha value is -1.95. The number of ether oxygens (including phenoxy) is 1. The summed E-state index contributed by atoms with van der Waals surface area (Å²) in [5.41, 5.74) is 0.871. The predicted molar refractivity (Wildman–Crippen MR) is 90.9 cm³/mol. The molecular formula is C16H22N2O3S. The summed E-state index contributed by atoms with van der Waals surface area (Å²) < 4.78 is 4.71. The number of rotatable bonds is 7. The molecule has 5 nitrogen and oxygen atoms in total. The van der Waals surface area contributed by atoms with Gasteiger partial charge < -0.3 is 15.4 Å². The number of hydrogen-bond donors (Lipinski definition) is 2. The van der Waals surface area contributed by atoms with Crippen LogP contribution in [-0.2, 0) is 9.53 Å². The molecule has 1 aromatic rings. The summed E-state index contributed by atoms with van der Waals surface area (Å²) in [7, 11) is 1.31. The van der Waals surface area contributed by atoms with Crippen molar-refractivity contribution >= 4 is 34.9 Å². The fourth-order valence-corrected chi connectivity index (χ4v) is 2.16. The van der Waals surface area contributed by atoms with Gasteiger partial charge in [0, 0.05) is 6.42 Å². The van der Waals surface area contributed by atoms with Crippen LogP contribution in [0.3, 0.4) is 0 Å². The van der Waals surface area contributed by atoms with Gasteiger partial charge in [-0.3, -0.25) is 4.79 Å². The standard InChI is InChI=1S/C16H22N2O3S/c1-3-4-5-6-11-14(19)18-16(22)17-13-10-8-7-9-12(13)15(20)21-2/h7-10H,3-6,11H2,1-2H3,(H2,17,18,19,22). The van der Waals surface area contributed by atoms with Gasteiger partial charge in [0.05, 0.1) is 18.4 Å². The molecule has 0 atom stereocenters. The van der Waals surface area contributed by atoms with Crippen LogP contribution < -0.4 is 10.6 Å². The highest BCUT2D eigenvalue weighted by Gasteiger charge is 2.12. The van der Waals surface area contributed by atoms with E-state index < -0.39 is 5.97 Å². The second-order valence-electron chi connectivity index (χ2n) is 4.85. The highest BCUT2D eigenvalue weighted by molar-refractivity contribution is 7.80. The Morgan fingerprint density at radius 1 is 1.18 bits per heavy atom. The lowest BCUT2D eigenvalue weighted by Crippen LogP contribution is -2.34. The lowest BCUT2D eigenvalue weighted by molar-refractivity contribution is -0.119. The van der Waals surface area contributed by atoms with Gasteiger partial charge in [0.1, 0.15) is 0 Å². The van der Waals surface area contributed by atoms with Crippen LogP contribution in [0.5, 0.6) is 0 Å². The minimum absolute atomic E-state index is 0.121. The Kier molecular flexibility index (Phi) is 8.14. The molecular weight excluding hydrogens is 300 g/mol. The van der Waals surface area contributed by atoms with E-state index in [-0.39, 0.29) is 11.0 Å². The summed E-state index contributed by atoms with van der Waals surface area (Å²) in [6, 6.07) is 6.83. The Morgan fingerprint density at radius 3 is 2.59 bits per heavy atom. The molecule has 2 N–H and O–H groups in total. The molecule has 0 fully saturated rings. The Balaban J connectivity index is 2.52. The van der Waals surface area contributed by atoms with Crippen LogP contribution >= 0.6 is 12.2 Å². The largest absolute Gasteiger partial charge is 0.465 e. The minimum atomic E-state index is -0.461. The monoisotopic (exact) mass is 322 g/mol. The van der Waals surface area contributed by atoms with Crippen molar-refractivity contribution in [2.75, 3.05) is 12.4 Å². The zero-order chi connectivity index (χ0) is 16.4. The molecule has 1 amide bonds. The third-order valence-electron chi connectivity index (χ3n) is 3.09. The maximum absolute atomic E-state index is 11.8. The molecule has 0 aliphatic rings. The first-order chi connectivity index (χ1) is 10.6. The second-order valence-corrected chi connectivity index (χ2v) is 5.26. The maximum atomic E-state index is 11.8. The van der Waals surface area contributed by atoms with Gasteiger partial charge in [-0.2, -0.15) is 0 Å². The predicted octanol–water partition coefficient (Wildman–Crippen LogP) is 3.26. The van der Waals surface area contributed by atoms with E-state index >= 15 is 0 Å². The molecule has 120 valence electrons. The fraction of sp³-hybridized carbons (Fsp3) is 0.438. The van der Waals surface area contributed by atoms with Gasteiger partial charge in [0.15, 0.2) is 5.11 Å². The van der Waals surface area contributed by atoms with E-state index in [9.17, 15) is 9.59 Å². The number of unbranched alkanes of at least 4 members (excludes halogenated alkanes) is 3. The average molecular weight is 322 g/mol. The van der Waals surface area contributed by atoms with Crippen molar-refractivity contribution in [1.82, 2.24) is 5.32 Å². The number of benzene rings is 1. The molecule has 0 aliphatic heterocycles. The van der Waals surface area contributed by atoms with Gasteiger partial charge in [-0.15, -0.1) is 0 Å². The second kappa shape index (κ2) is 9.89. The average Bonchev–Trinajstić information content (AvgIpc) is 2.51. The van der Waals surface area contributed by atoms with Crippen molar-refractivity contribution in [1.29, 1.82) is 0 Å². The van der Waals surface area contributed by atoms with E-state index in [0.29, 0.717) is 17.7 Å². The molecule has 0 radical (unpaired) electrons. The van der Waals surface area contributed by atoms with Crippen molar-refractivity contribution < 1.29 is 14.3 Å². The first-order valence-electron chi connectivity index (χ1n) is 7.36. The van der Waals surface area contributed by atoms with Crippen molar-refractivity contribution in [3.05, 3.63) is 29.8 Å². The van der Waals surface area contributed by atoms with Gasteiger partial charge in [-0.25, -0.2) is 4.79 Å². The van der Waals surface area contributed by atoms with E-state index in [1.807, 2.05) is 0 Å².